The second-order valence-electron chi connectivity index (χ2n) is 3.67. The van der Waals surface area contributed by atoms with Gasteiger partial charge in [0.05, 0.1) is 11.1 Å². The highest BCUT2D eigenvalue weighted by Gasteiger charge is 2.25. The molecule has 0 aromatic heterocycles. The zero-order chi connectivity index (χ0) is 14.2. The van der Waals surface area contributed by atoms with Crippen LogP contribution in [0.25, 0.3) is 0 Å². The molecule has 2 aromatic carbocycles. The highest BCUT2D eigenvalue weighted by Crippen LogP contribution is 2.24. The van der Waals surface area contributed by atoms with E-state index >= 15 is 0 Å². The molecular weight excluding hydrogens is 328 g/mol. The Balaban J connectivity index is 2.64. The first kappa shape index (κ1) is 13.7. The molecule has 0 aliphatic heterocycles. The summed E-state index contributed by atoms with van der Waals surface area (Å²) in [5.74, 6) is -6.12. The van der Waals surface area contributed by atoms with Gasteiger partial charge in [0.25, 0.3) is 0 Å². The molecule has 2 rings (SSSR count). The topological polar surface area (TPSA) is 17.1 Å². The summed E-state index contributed by atoms with van der Waals surface area (Å²) in [5, 5.41) is 0. The zero-order valence-electron chi connectivity index (χ0n) is 9.18. The molecule has 6 heteroatoms. The van der Waals surface area contributed by atoms with Crippen LogP contribution in [0.1, 0.15) is 15.9 Å². The van der Waals surface area contributed by atoms with Crippen molar-refractivity contribution in [2.24, 2.45) is 0 Å². The quantitative estimate of drug-likeness (QED) is 0.594. The standard InChI is InChI=1S/C13H5BrF4O/c14-6-4-9(17)12(10(18)5-6)13(19)11-7(15)2-1-3-8(11)16/h1-5H. The van der Waals surface area contributed by atoms with Crippen molar-refractivity contribution in [2.45, 2.75) is 0 Å². The maximum atomic E-state index is 13.6. The van der Waals surface area contributed by atoms with E-state index in [1.807, 2.05) is 0 Å². The van der Waals surface area contributed by atoms with Gasteiger partial charge < -0.3 is 0 Å². The molecule has 0 amide bonds. The summed E-state index contributed by atoms with van der Waals surface area (Å²) >= 11 is 2.84. The summed E-state index contributed by atoms with van der Waals surface area (Å²) in [5.41, 5.74) is -1.98. The van der Waals surface area contributed by atoms with Crippen molar-refractivity contribution in [1.82, 2.24) is 0 Å². The molecule has 0 saturated heterocycles. The molecule has 98 valence electrons. The van der Waals surface area contributed by atoms with Crippen LogP contribution in [0.3, 0.4) is 0 Å². The van der Waals surface area contributed by atoms with E-state index in [9.17, 15) is 22.4 Å². The minimum Gasteiger partial charge on any atom is -0.288 e. The molecule has 0 fully saturated rings. The number of carbonyl (C=O) groups is 1. The number of carbonyl (C=O) groups excluding carboxylic acids is 1. The average Bonchev–Trinajstić information content (AvgIpc) is 2.26. The molecule has 0 heterocycles. The lowest BCUT2D eigenvalue weighted by Crippen LogP contribution is -2.11. The van der Waals surface area contributed by atoms with Gasteiger partial charge in [-0.05, 0) is 24.3 Å². The third kappa shape index (κ3) is 2.53. The first-order valence-corrected chi connectivity index (χ1v) is 5.84. The molecule has 1 nitrogen and oxygen atoms in total. The summed E-state index contributed by atoms with van der Waals surface area (Å²) in [7, 11) is 0. The van der Waals surface area contributed by atoms with Crippen molar-refractivity contribution in [3.8, 4) is 0 Å². The van der Waals surface area contributed by atoms with Gasteiger partial charge in [-0.1, -0.05) is 22.0 Å². The van der Waals surface area contributed by atoms with Crippen LogP contribution in [0.5, 0.6) is 0 Å². The molecule has 0 unspecified atom stereocenters. The van der Waals surface area contributed by atoms with Crippen LogP contribution < -0.4 is 0 Å². The maximum Gasteiger partial charge on any atom is 0.204 e. The van der Waals surface area contributed by atoms with Crippen molar-refractivity contribution >= 4 is 21.7 Å². The normalized spacial score (nSPS) is 10.6. The predicted octanol–water partition coefficient (Wildman–Crippen LogP) is 4.24. The molecule has 0 aliphatic rings. The van der Waals surface area contributed by atoms with E-state index in [1.165, 1.54) is 0 Å². The van der Waals surface area contributed by atoms with Crippen LogP contribution in [0.2, 0.25) is 0 Å². The number of rotatable bonds is 2. The molecule has 0 bridgehead atoms. The molecule has 0 saturated carbocycles. The highest BCUT2D eigenvalue weighted by molar-refractivity contribution is 9.10. The van der Waals surface area contributed by atoms with Crippen LogP contribution in [0, 0.1) is 23.3 Å². The highest BCUT2D eigenvalue weighted by atomic mass is 79.9. The van der Waals surface area contributed by atoms with Gasteiger partial charge >= 0.3 is 0 Å². The van der Waals surface area contributed by atoms with Gasteiger partial charge in [0.15, 0.2) is 0 Å². The molecule has 19 heavy (non-hydrogen) atoms. The fraction of sp³-hybridized carbons (Fsp3) is 0. The fourth-order valence-electron chi connectivity index (χ4n) is 1.60. The summed E-state index contributed by atoms with van der Waals surface area (Å²) < 4.78 is 54.1. The Kier molecular flexibility index (Phi) is 3.71. The van der Waals surface area contributed by atoms with E-state index in [0.717, 1.165) is 30.3 Å². The third-order valence-corrected chi connectivity index (χ3v) is 2.88. The number of halogens is 5. The second-order valence-corrected chi connectivity index (χ2v) is 4.59. The minimum absolute atomic E-state index is 0.0769. The van der Waals surface area contributed by atoms with Crippen molar-refractivity contribution < 1.29 is 22.4 Å². The van der Waals surface area contributed by atoms with E-state index < -0.39 is 40.2 Å². The first-order valence-electron chi connectivity index (χ1n) is 5.05. The van der Waals surface area contributed by atoms with Crippen molar-refractivity contribution in [3.63, 3.8) is 0 Å². The summed E-state index contributed by atoms with van der Waals surface area (Å²) in [6.45, 7) is 0. The van der Waals surface area contributed by atoms with Crippen LogP contribution in [0.15, 0.2) is 34.8 Å². The number of hydrogen-bond acceptors (Lipinski definition) is 1. The van der Waals surface area contributed by atoms with Gasteiger partial charge in [-0.2, -0.15) is 0 Å². The first-order chi connectivity index (χ1) is 8.91. The molecule has 0 radical (unpaired) electrons. The lowest BCUT2D eigenvalue weighted by Gasteiger charge is -2.07. The second kappa shape index (κ2) is 5.13. The maximum absolute atomic E-state index is 13.6. The van der Waals surface area contributed by atoms with Crippen molar-refractivity contribution in [2.75, 3.05) is 0 Å². The van der Waals surface area contributed by atoms with E-state index in [4.69, 9.17) is 0 Å². The Labute approximate surface area is 114 Å². The van der Waals surface area contributed by atoms with Gasteiger partial charge in [-0.25, -0.2) is 17.6 Å². The average molecular weight is 333 g/mol. The molecule has 0 N–H and O–H groups in total. The molecular formula is C13H5BrF4O. The number of hydrogen-bond donors (Lipinski definition) is 0. The van der Waals surface area contributed by atoms with Crippen LogP contribution in [-0.4, -0.2) is 5.78 Å². The van der Waals surface area contributed by atoms with Crippen molar-refractivity contribution in [3.05, 3.63) is 69.2 Å². The summed E-state index contributed by atoms with van der Waals surface area (Å²) in [4.78, 5) is 11.9. The fourth-order valence-corrected chi connectivity index (χ4v) is 2.00. The molecule has 0 atom stereocenters. The van der Waals surface area contributed by atoms with E-state index in [0.29, 0.717) is 0 Å². The van der Waals surface area contributed by atoms with Gasteiger partial charge in [-0.15, -0.1) is 0 Å². The minimum atomic E-state index is -1.38. The summed E-state index contributed by atoms with van der Waals surface area (Å²) in [6.07, 6.45) is 0. The van der Waals surface area contributed by atoms with E-state index in [1.54, 1.807) is 0 Å². The Bertz CT molecular complexity index is 626. The smallest absolute Gasteiger partial charge is 0.204 e. The SMILES string of the molecule is O=C(c1c(F)cccc1F)c1c(F)cc(Br)cc1F. The van der Waals surface area contributed by atoms with Gasteiger partial charge in [-0.3, -0.25) is 4.79 Å². The number of ketones is 1. The molecule has 2 aromatic rings. The van der Waals surface area contributed by atoms with E-state index in [2.05, 4.69) is 15.9 Å². The van der Waals surface area contributed by atoms with Crippen LogP contribution in [0.4, 0.5) is 17.6 Å². The predicted molar refractivity (Wildman–Crippen MR) is 63.8 cm³/mol. The lowest BCUT2D eigenvalue weighted by molar-refractivity contribution is 0.102. The molecule has 0 aliphatic carbocycles. The van der Waals surface area contributed by atoms with Crippen LogP contribution in [-0.2, 0) is 0 Å². The largest absolute Gasteiger partial charge is 0.288 e. The lowest BCUT2D eigenvalue weighted by atomic mass is 10.0. The van der Waals surface area contributed by atoms with Gasteiger partial charge in [0.1, 0.15) is 23.3 Å². The van der Waals surface area contributed by atoms with E-state index in [-0.39, 0.29) is 4.47 Å². The third-order valence-electron chi connectivity index (χ3n) is 2.42. The van der Waals surface area contributed by atoms with Crippen LogP contribution >= 0.6 is 15.9 Å². The Morgan fingerprint density at radius 3 is 1.74 bits per heavy atom. The van der Waals surface area contributed by atoms with Crippen molar-refractivity contribution in [1.29, 1.82) is 0 Å². The van der Waals surface area contributed by atoms with Gasteiger partial charge in [0, 0.05) is 4.47 Å². The van der Waals surface area contributed by atoms with Gasteiger partial charge in [0.2, 0.25) is 5.78 Å². The number of benzene rings is 2. The monoisotopic (exact) mass is 332 g/mol. The Morgan fingerprint density at radius 2 is 1.26 bits per heavy atom. The Morgan fingerprint density at radius 1 is 0.842 bits per heavy atom. The molecule has 0 spiro atoms. The zero-order valence-corrected chi connectivity index (χ0v) is 10.8. The summed E-state index contributed by atoms with van der Waals surface area (Å²) in [6, 6.07) is 4.41. The Hall–Kier alpha value is -1.69.